The van der Waals surface area contributed by atoms with Crippen LogP contribution in [0.15, 0.2) is 24.3 Å². The number of rotatable bonds is 6. The molecule has 0 atom stereocenters. The van der Waals surface area contributed by atoms with Gasteiger partial charge in [-0.3, -0.25) is 14.4 Å². The molecule has 124 valence electrons. The molecular weight excluding hydrogens is 294 g/mol. The number of benzene rings is 1. The number of hydrogen-bond acceptors (Lipinski definition) is 3. The standard InChI is InChI=1S/C17H23N3O3/c1-12-4-6-13(7-5-12)20-15(22)10-17(8-2-3-9-17)16(23)19-11-14(18)21/h4-7H,2-3,8-11H2,1H3,(H2,18,21)(H,19,23)(H,20,22). The molecule has 0 spiro atoms. The summed E-state index contributed by atoms with van der Waals surface area (Å²) in [6.07, 6.45) is 3.23. The Kier molecular flexibility index (Phi) is 5.36. The summed E-state index contributed by atoms with van der Waals surface area (Å²) in [5.74, 6) is -1.03. The first kappa shape index (κ1) is 17.0. The molecule has 23 heavy (non-hydrogen) atoms. The highest BCUT2D eigenvalue weighted by molar-refractivity contribution is 5.96. The normalized spacial score (nSPS) is 15.9. The van der Waals surface area contributed by atoms with Crippen molar-refractivity contribution in [2.24, 2.45) is 11.1 Å². The number of amides is 3. The minimum Gasteiger partial charge on any atom is -0.368 e. The van der Waals surface area contributed by atoms with Crippen molar-refractivity contribution in [3.63, 3.8) is 0 Å². The largest absolute Gasteiger partial charge is 0.368 e. The first-order valence-electron chi connectivity index (χ1n) is 7.84. The van der Waals surface area contributed by atoms with Crippen LogP contribution in [-0.4, -0.2) is 24.3 Å². The van der Waals surface area contributed by atoms with Crippen LogP contribution in [0.1, 0.15) is 37.7 Å². The summed E-state index contributed by atoms with van der Waals surface area (Å²) in [4.78, 5) is 35.6. The Morgan fingerprint density at radius 2 is 1.74 bits per heavy atom. The molecule has 0 radical (unpaired) electrons. The second-order valence-corrected chi connectivity index (χ2v) is 6.23. The summed E-state index contributed by atoms with van der Waals surface area (Å²) in [6.45, 7) is 1.78. The van der Waals surface area contributed by atoms with Gasteiger partial charge in [0.05, 0.1) is 12.0 Å². The van der Waals surface area contributed by atoms with E-state index in [-0.39, 0.29) is 24.8 Å². The lowest BCUT2D eigenvalue weighted by molar-refractivity contribution is -0.135. The molecule has 1 aliphatic rings. The van der Waals surface area contributed by atoms with Crippen LogP contribution in [-0.2, 0) is 14.4 Å². The van der Waals surface area contributed by atoms with Gasteiger partial charge in [-0.05, 0) is 31.9 Å². The summed E-state index contributed by atoms with van der Waals surface area (Å²) >= 11 is 0. The maximum absolute atomic E-state index is 12.4. The number of carbonyl (C=O) groups excluding carboxylic acids is 3. The number of anilines is 1. The fourth-order valence-corrected chi connectivity index (χ4v) is 3.04. The van der Waals surface area contributed by atoms with E-state index in [0.29, 0.717) is 18.5 Å². The molecule has 6 heteroatoms. The van der Waals surface area contributed by atoms with Crippen molar-refractivity contribution >= 4 is 23.4 Å². The number of nitrogens with one attached hydrogen (secondary N) is 2. The minimum absolute atomic E-state index is 0.117. The van der Waals surface area contributed by atoms with E-state index in [1.54, 1.807) is 0 Å². The van der Waals surface area contributed by atoms with E-state index in [0.717, 1.165) is 18.4 Å². The molecule has 3 amide bonds. The maximum Gasteiger partial charge on any atom is 0.236 e. The molecule has 0 saturated heterocycles. The van der Waals surface area contributed by atoms with Gasteiger partial charge < -0.3 is 16.4 Å². The van der Waals surface area contributed by atoms with Gasteiger partial charge in [0.2, 0.25) is 17.7 Å². The average Bonchev–Trinajstić information content (AvgIpc) is 2.96. The maximum atomic E-state index is 12.4. The van der Waals surface area contributed by atoms with Gasteiger partial charge in [-0.2, -0.15) is 0 Å². The number of primary amides is 1. The number of nitrogens with two attached hydrogens (primary N) is 1. The zero-order valence-corrected chi connectivity index (χ0v) is 13.4. The van der Waals surface area contributed by atoms with Gasteiger partial charge >= 0.3 is 0 Å². The predicted molar refractivity (Wildman–Crippen MR) is 87.5 cm³/mol. The minimum atomic E-state index is -0.732. The van der Waals surface area contributed by atoms with Gasteiger partial charge in [0.25, 0.3) is 0 Å². The van der Waals surface area contributed by atoms with Crippen molar-refractivity contribution in [3.8, 4) is 0 Å². The monoisotopic (exact) mass is 317 g/mol. The molecule has 6 nitrogen and oxygen atoms in total. The fourth-order valence-electron chi connectivity index (χ4n) is 3.04. The molecule has 0 heterocycles. The Labute approximate surface area is 135 Å². The number of aryl methyl sites for hydroxylation is 1. The highest BCUT2D eigenvalue weighted by Gasteiger charge is 2.42. The molecule has 1 aromatic rings. The van der Waals surface area contributed by atoms with Crippen molar-refractivity contribution in [3.05, 3.63) is 29.8 Å². The van der Waals surface area contributed by atoms with E-state index in [9.17, 15) is 14.4 Å². The summed E-state index contributed by atoms with van der Waals surface area (Å²) < 4.78 is 0. The van der Waals surface area contributed by atoms with Crippen LogP contribution >= 0.6 is 0 Å². The van der Waals surface area contributed by atoms with Crippen molar-refractivity contribution in [1.82, 2.24) is 5.32 Å². The Morgan fingerprint density at radius 1 is 1.13 bits per heavy atom. The fraction of sp³-hybridized carbons (Fsp3) is 0.471. The topological polar surface area (TPSA) is 101 Å². The predicted octanol–water partition coefficient (Wildman–Crippen LogP) is 1.49. The van der Waals surface area contributed by atoms with Crippen LogP contribution in [0, 0.1) is 12.3 Å². The SMILES string of the molecule is Cc1ccc(NC(=O)CC2(C(=O)NCC(N)=O)CCCC2)cc1. The van der Waals surface area contributed by atoms with Crippen LogP contribution < -0.4 is 16.4 Å². The highest BCUT2D eigenvalue weighted by Crippen LogP contribution is 2.41. The van der Waals surface area contributed by atoms with Gasteiger partial charge in [-0.15, -0.1) is 0 Å². The van der Waals surface area contributed by atoms with E-state index in [4.69, 9.17) is 5.73 Å². The Hall–Kier alpha value is -2.37. The molecule has 1 aliphatic carbocycles. The van der Waals surface area contributed by atoms with Gasteiger partial charge in [0.15, 0.2) is 0 Å². The van der Waals surface area contributed by atoms with E-state index >= 15 is 0 Å². The van der Waals surface area contributed by atoms with E-state index in [2.05, 4.69) is 10.6 Å². The number of hydrogen-bond donors (Lipinski definition) is 3. The Bertz CT molecular complexity index is 590. The average molecular weight is 317 g/mol. The first-order chi connectivity index (χ1) is 10.9. The molecule has 0 unspecified atom stereocenters. The molecule has 1 aromatic carbocycles. The lowest BCUT2D eigenvalue weighted by Gasteiger charge is -2.26. The van der Waals surface area contributed by atoms with Crippen LogP contribution in [0.2, 0.25) is 0 Å². The lowest BCUT2D eigenvalue weighted by Crippen LogP contribution is -2.44. The van der Waals surface area contributed by atoms with Gasteiger partial charge in [-0.25, -0.2) is 0 Å². The quantitative estimate of drug-likeness (QED) is 0.740. The van der Waals surface area contributed by atoms with E-state index in [1.807, 2.05) is 31.2 Å². The van der Waals surface area contributed by atoms with Crippen LogP contribution in [0.25, 0.3) is 0 Å². The van der Waals surface area contributed by atoms with Crippen molar-refractivity contribution < 1.29 is 14.4 Å². The second kappa shape index (κ2) is 7.26. The van der Waals surface area contributed by atoms with Crippen LogP contribution in [0.5, 0.6) is 0 Å². The number of carbonyl (C=O) groups is 3. The first-order valence-corrected chi connectivity index (χ1v) is 7.84. The summed E-state index contributed by atoms with van der Waals surface area (Å²) in [5.41, 5.74) is 6.16. The third-order valence-electron chi connectivity index (χ3n) is 4.30. The Balaban J connectivity index is 2.00. The summed E-state index contributed by atoms with van der Waals surface area (Å²) in [7, 11) is 0. The third kappa shape index (κ3) is 4.55. The molecule has 4 N–H and O–H groups in total. The van der Waals surface area contributed by atoms with Gasteiger partial charge in [0, 0.05) is 12.1 Å². The molecule has 0 bridgehead atoms. The molecule has 0 aliphatic heterocycles. The molecule has 2 rings (SSSR count). The van der Waals surface area contributed by atoms with Crippen molar-refractivity contribution in [2.45, 2.75) is 39.0 Å². The Morgan fingerprint density at radius 3 is 2.30 bits per heavy atom. The summed E-state index contributed by atoms with van der Waals surface area (Å²) in [6, 6.07) is 7.50. The molecular formula is C17H23N3O3. The second-order valence-electron chi connectivity index (χ2n) is 6.23. The van der Waals surface area contributed by atoms with E-state index in [1.165, 1.54) is 0 Å². The lowest BCUT2D eigenvalue weighted by atomic mass is 9.81. The smallest absolute Gasteiger partial charge is 0.236 e. The zero-order chi connectivity index (χ0) is 16.9. The zero-order valence-electron chi connectivity index (χ0n) is 13.4. The van der Waals surface area contributed by atoms with Crippen molar-refractivity contribution in [1.29, 1.82) is 0 Å². The highest BCUT2D eigenvalue weighted by atomic mass is 16.2. The third-order valence-corrected chi connectivity index (χ3v) is 4.30. The van der Waals surface area contributed by atoms with E-state index < -0.39 is 11.3 Å². The van der Waals surface area contributed by atoms with Crippen molar-refractivity contribution in [2.75, 3.05) is 11.9 Å². The van der Waals surface area contributed by atoms with Crippen LogP contribution in [0.3, 0.4) is 0 Å². The molecule has 0 aromatic heterocycles. The van der Waals surface area contributed by atoms with Gasteiger partial charge in [0.1, 0.15) is 0 Å². The van der Waals surface area contributed by atoms with Gasteiger partial charge in [-0.1, -0.05) is 30.5 Å². The molecule has 1 fully saturated rings. The summed E-state index contributed by atoms with van der Waals surface area (Å²) in [5, 5.41) is 5.38. The van der Waals surface area contributed by atoms with Crippen LogP contribution in [0.4, 0.5) is 5.69 Å². The molecule has 1 saturated carbocycles.